The highest BCUT2D eigenvalue weighted by Crippen LogP contribution is 2.29. The maximum atomic E-state index is 12.2. The van der Waals surface area contributed by atoms with Gasteiger partial charge in [-0.3, -0.25) is 4.79 Å². The maximum absolute atomic E-state index is 12.2. The molecule has 0 N–H and O–H groups in total. The van der Waals surface area contributed by atoms with Crippen LogP contribution in [0.4, 0.5) is 0 Å². The van der Waals surface area contributed by atoms with Gasteiger partial charge in [0.25, 0.3) is 0 Å². The largest absolute Gasteiger partial charge is 0.342 e. The fourth-order valence-corrected chi connectivity index (χ4v) is 3.27. The fourth-order valence-electron chi connectivity index (χ4n) is 3.27. The summed E-state index contributed by atoms with van der Waals surface area (Å²) in [7, 11) is 0. The summed E-state index contributed by atoms with van der Waals surface area (Å²) < 4.78 is 0. The first kappa shape index (κ1) is 11.0. The van der Waals surface area contributed by atoms with Crippen LogP contribution >= 0.6 is 0 Å². The number of carbonyl (C=O) groups excluding carboxylic acids is 1. The van der Waals surface area contributed by atoms with Crippen LogP contribution < -0.4 is 0 Å². The lowest BCUT2D eigenvalue weighted by molar-refractivity contribution is -0.138. The first-order valence-electron chi connectivity index (χ1n) is 6.45. The Balaban J connectivity index is 1.93. The Labute approximate surface area is 93.0 Å². The van der Waals surface area contributed by atoms with Gasteiger partial charge in [-0.2, -0.15) is 0 Å². The van der Waals surface area contributed by atoms with Crippen LogP contribution in [-0.4, -0.2) is 23.9 Å². The summed E-state index contributed by atoms with van der Waals surface area (Å²) in [6.07, 6.45) is 6.08. The second-order valence-corrected chi connectivity index (χ2v) is 5.67. The molecule has 1 amide bonds. The van der Waals surface area contributed by atoms with Gasteiger partial charge in [0, 0.05) is 19.0 Å². The van der Waals surface area contributed by atoms with E-state index in [1.165, 1.54) is 19.3 Å². The number of nitrogens with zero attached hydrogens (tertiary/aromatic N) is 1. The lowest BCUT2D eigenvalue weighted by atomic mass is 9.91. The highest BCUT2D eigenvalue weighted by molar-refractivity contribution is 5.79. The van der Waals surface area contributed by atoms with Crippen molar-refractivity contribution in [2.45, 2.75) is 46.0 Å². The number of likely N-dealkylation sites (tertiary alicyclic amines) is 1. The van der Waals surface area contributed by atoms with Crippen LogP contribution in [0.15, 0.2) is 0 Å². The summed E-state index contributed by atoms with van der Waals surface area (Å²) in [4.78, 5) is 14.4. The molecule has 1 aliphatic heterocycles. The van der Waals surface area contributed by atoms with Crippen LogP contribution in [0.3, 0.4) is 0 Å². The average molecular weight is 209 g/mol. The Morgan fingerprint density at radius 2 is 1.60 bits per heavy atom. The third kappa shape index (κ3) is 2.53. The Kier molecular flexibility index (Phi) is 3.32. The van der Waals surface area contributed by atoms with Gasteiger partial charge in [0.1, 0.15) is 0 Å². The number of hydrogen-bond acceptors (Lipinski definition) is 1. The van der Waals surface area contributed by atoms with Crippen LogP contribution in [-0.2, 0) is 4.79 Å². The van der Waals surface area contributed by atoms with Gasteiger partial charge in [-0.15, -0.1) is 0 Å². The zero-order valence-electron chi connectivity index (χ0n) is 10.0. The summed E-state index contributed by atoms with van der Waals surface area (Å²) in [6.45, 7) is 6.54. The molecule has 15 heavy (non-hydrogen) atoms. The molecular weight excluding hydrogens is 186 g/mol. The fraction of sp³-hybridized carbons (Fsp3) is 0.923. The average Bonchev–Trinajstić information content (AvgIpc) is 2.67. The highest BCUT2D eigenvalue weighted by Gasteiger charge is 2.31. The molecule has 1 saturated carbocycles. The molecule has 1 saturated heterocycles. The summed E-state index contributed by atoms with van der Waals surface area (Å²) in [5, 5.41) is 0. The third-order valence-electron chi connectivity index (χ3n) is 3.88. The molecule has 2 fully saturated rings. The lowest BCUT2D eigenvalue weighted by Gasteiger charge is -2.36. The monoisotopic (exact) mass is 209 g/mol. The summed E-state index contributed by atoms with van der Waals surface area (Å²) in [5.74, 6) is 2.20. The number of amides is 1. The molecule has 0 aromatic rings. The second kappa shape index (κ2) is 4.54. The highest BCUT2D eigenvalue weighted by atomic mass is 16.2. The van der Waals surface area contributed by atoms with Crippen LogP contribution in [0, 0.1) is 17.8 Å². The van der Waals surface area contributed by atoms with Crippen molar-refractivity contribution in [1.29, 1.82) is 0 Å². The van der Waals surface area contributed by atoms with Crippen molar-refractivity contribution in [1.82, 2.24) is 4.90 Å². The third-order valence-corrected chi connectivity index (χ3v) is 3.88. The van der Waals surface area contributed by atoms with Gasteiger partial charge in [-0.1, -0.05) is 26.7 Å². The second-order valence-electron chi connectivity index (χ2n) is 5.67. The predicted molar refractivity (Wildman–Crippen MR) is 61.5 cm³/mol. The minimum absolute atomic E-state index is 0.363. The normalized spacial score (nSPS) is 33.3. The van der Waals surface area contributed by atoms with Gasteiger partial charge >= 0.3 is 0 Å². The number of rotatable bonds is 1. The molecule has 2 unspecified atom stereocenters. The van der Waals surface area contributed by atoms with Gasteiger partial charge in [0.15, 0.2) is 0 Å². The molecule has 0 bridgehead atoms. The van der Waals surface area contributed by atoms with Gasteiger partial charge in [-0.05, 0) is 31.1 Å². The van der Waals surface area contributed by atoms with E-state index in [4.69, 9.17) is 0 Å². The zero-order valence-corrected chi connectivity index (χ0v) is 10.0. The molecule has 0 aromatic carbocycles. The summed E-state index contributed by atoms with van der Waals surface area (Å²) in [5.41, 5.74) is 0. The van der Waals surface area contributed by atoms with Crippen molar-refractivity contribution in [2.24, 2.45) is 17.8 Å². The minimum atomic E-state index is 0.363. The Hall–Kier alpha value is -0.530. The van der Waals surface area contributed by atoms with Crippen molar-refractivity contribution in [2.75, 3.05) is 13.1 Å². The molecule has 2 nitrogen and oxygen atoms in total. The predicted octanol–water partition coefficient (Wildman–Crippen LogP) is 2.68. The van der Waals surface area contributed by atoms with Crippen molar-refractivity contribution in [3.8, 4) is 0 Å². The molecule has 2 heteroatoms. The van der Waals surface area contributed by atoms with E-state index >= 15 is 0 Å². The Morgan fingerprint density at radius 3 is 2.13 bits per heavy atom. The van der Waals surface area contributed by atoms with E-state index in [0.29, 0.717) is 23.7 Å². The molecule has 0 radical (unpaired) electrons. The van der Waals surface area contributed by atoms with E-state index in [2.05, 4.69) is 18.7 Å². The molecule has 2 atom stereocenters. The number of hydrogen-bond donors (Lipinski definition) is 0. The van der Waals surface area contributed by atoms with E-state index < -0.39 is 0 Å². The van der Waals surface area contributed by atoms with Crippen LogP contribution in [0.5, 0.6) is 0 Å². The summed E-state index contributed by atoms with van der Waals surface area (Å²) in [6, 6.07) is 0. The standard InChI is InChI=1S/C13H23NO/c1-10-7-11(2)9-14(8-10)13(15)12-5-3-4-6-12/h10-12H,3-9H2,1-2H3. The van der Waals surface area contributed by atoms with E-state index in [1.54, 1.807) is 0 Å². The molecule has 2 rings (SSSR count). The lowest BCUT2D eigenvalue weighted by Crippen LogP contribution is -2.44. The van der Waals surface area contributed by atoms with Crippen molar-refractivity contribution < 1.29 is 4.79 Å². The first-order chi connectivity index (χ1) is 7.16. The Bertz CT molecular complexity index is 223. The van der Waals surface area contributed by atoms with Crippen molar-refractivity contribution >= 4 is 5.91 Å². The van der Waals surface area contributed by atoms with Crippen LogP contribution in [0.1, 0.15) is 46.0 Å². The van der Waals surface area contributed by atoms with E-state index in [-0.39, 0.29) is 0 Å². The van der Waals surface area contributed by atoms with Crippen molar-refractivity contribution in [3.63, 3.8) is 0 Å². The Morgan fingerprint density at radius 1 is 1.07 bits per heavy atom. The topological polar surface area (TPSA) is 20.3 Å². The van der Waals surface area contributed by atoms with Gasteiger partial charge < -0.3 is 4.90 Å². The van der Waals surface area contributed by atoms with E-state index in [0.717, 1.165) is 25.9 Å². The SMILES string of the molecule is CC1CC(C)CN(C(=O)C2CCCC2)C1. The van der Waals surface area contributed by atoms with E-state index in [1.807, 2.05) is 0 Å². The molecule has 2 aliphatic rings. The first-order valence-corrected chi connectivity index (χ1v) is 6.45. The maximum Gasteiger partial charge on any atom is 0.225 e. The minimum Gasteiger partial charge on any atom is -0.342 e. The summed E-state index contributed by atoms with van der Waals surface area (Å²) >= 11 is 0. The molecule has 1 heterocycles. The number of carbonyl (C=O) groups is 1. The van der Waals surface area contributed by atoms with E-state index in [9.17, 15) is 4.79 Å². The van der Waals surface area contributed by atoms with Gasteiger partial charge in [0.05, 0.1) is 0 Å². The van der Waals surface area contributed by atoms with Crippen LogP contribution in [0.25, 0.3) is 0 Å². The zero-order chi connectivity index (χ0) is 10.8. The van der Waals surface area contributed by atoms with Gasteiger partial charge in [0.2, 0.25) is 5.91 Å². The molecule has 86 valence electrons. The smallest absolute Gasteiger partial charge is 0.225 e. The van der Waals surface area contributed by atoms with Crippen molar-refractivity contribution in [3.05, 3.63) is 0 Å². The molecule has 0 aromatic heterocycles. The molecule has 1 aliphatic carbocycles. The molecule has 0 spiro atoms. The quantitative estimate of drug-likeness (QED) is 0.650. The molecular formula is C13H23NO. The van der Waals surface area contributed by atoms with Gasteiger partial charge in [-0.25, -0.2) is 0 Å². The number of piperidine rings is 1. The van der Waals surface area contributed by atoms with Crippen LogP contribution in [0.2, 0.25) is 0 Å².